The van der Waals surface area contributed by atoms with Gasteiger partial charge in [0.1, 0.15) is 0 Å². The highest BCUT2D eigenvalue weighted by Gasteiger charge is 2.31. The number of carbonyl (C=O) groups is 3. The zero-order chi connectivity index (χ0) is 22.4. The average Bonchev–Trinajstić information content (AvgIpc) is 3.15. The Morgan fingerprint density at radius 1 is 1.03 bits per heavy atom. The molecule has 7 nitrogen and oxygen atoms in total. The minimum absolute atomic E-state index is 0.0381. The van der Waals surface area contributed by atoms with Gasteiger partial charge in [0.2, 0.25) is 17.7 Å². The van der Waals surface area contributed by atoms with Crippen LogP contribution in [0.4, 0.5) is 11.4 Å². The molecule has 2 aliphatic rings. The number of aryl methyl sites for hydroxylation is 1. The van der Waals surface area contributed by atoms with Crippen LogP contribution in [-0.4, -0.2) is 27.5 Å². The quantitative estimate of drug-likeness (QED) is 0.616. The predicted octanol–water partition coefficient (Wildman–Crippen LogP) is 3.87. The van der Waals surface area contributed by atoms with Crippen LogP contribution in [0, 0.1) is 0 Å². The number of piperidine rings is 1. The highest BCUT2D eigenvalue weighted by Crippen LogP contribution is 2.39. The van der Waals surface area contributed by atoms with E-state index in [1.807, 2.05) is 54.2 Å². The fourth-order valence-corrected chi connectivity index (χ4v) is 4.87. The van der Waals surface area contributed by atoms with Crippen LogP contribution in [0.2, 0.25) is 5.02 Å². The Balaban J connectivity index is 1.47. The Kier molecular flexibility index (Phi) is 5.06. The maximum Gasteiger partial charge on any atom is 0.234 e. The second kappa shape index (κ2) is 7.91. The molecule has 2 aliphatic heterocycles. The molecule has 0 spiro atoms. The Hall–Kier alpha value is -3.45. The Morgan fingerprint density at radius 2 is 1.81 bits per heavy atom. The van der Waals surface area contributed by atoms with Gasteiger partial charge in [0.15, 0.2) is 0 Å². The zero-order valence-electron chi connectivity index (χ0n) is 17.5. The lowest BCUT2D eigenvalue weighted by molar-refractivity contribution is -0.134. The molecule has 1 aromatic heterocycles. The molecule has 5 rings (SSSR count). The average molecular weight is 449 g/mol. The first-order chi connectivity index (χ1) is 15.4. The zero-order valence-corrected chi connectivity index (χ0v) is 18.2. The number of nitrogens with zero attached hydrogens (tertiary/aromatic N) is 3. The predicted molar refractivity (Wildman–Crippen MR) is 121 cm³/mol. The lowest BCUT2D eigenvalue weighted by Crippen LogP contribution is -2.39. The van der Waals surface area contributed by atoms with E-state index in [2.05, 4.69) is 10.4 Å². The normalized spacial score (nSPS) is 18.5. The third-order valence-electron chi connectivity index (χ3n) is 6.19. The van der Waals surface area contributed by atoms with Crippen LogP contribution in [0.5, 0.6) is 0 Å². The molecule has 0 bridgehead atoms. The fourth-order valence-electron chi connectivity index (χ4n) is 4.50. The van der Waals surface area contributed by atoms with Crippen molar-refractivity contribution in [2.45, 2.75) is 31.6 Å². The second-order valence-electron chi connectivity index (χ2n) is 8.09. The van der Waals surface area contributed by atoms with Crippen molar-refractivity contribution in [3.63, 3.8) is 0 Å². The summed E-state index contributed by atoms with van der Waals surface area (Å²) >= 11 is 6.72. The van der Waals surface area contributed by atoms with Gasteiger partial charge in [0, 0.05) is 37.6 Å². The number of hydrogen-bond acceptors (Lipinski definition) is 4. The van der Waals surface area contributed by atoms with Crippen LogP contribution in [0.25, 0.3) is 11.1 Å². The number of rotatable bonds is 3. The third-order valence-corrected chi connectivity index (χ3v) is 6.61. The van der Waals surface area contributed by atoms with Crippen LogP contribution < -0.4 is 10.2 Å². The Morgan fingerprint density at radius 3 is 2.56 bits per heavy atom. The van der Waals surface area contributed by atoms with Gasteiger partial charge in [0.05, 0.1) is 28.5 Å². The molecule has 1 saturated heterocycles. The van der Waals surface area contributed by atoms with Gasteiger partial charge in [-0.05, 0) is 29.7 Å². The molecule has 0 radical (unpaired) electrons. The van der Waals surface area contributed by atoms with E-state index in [1.165, 1.54) is 0 Å². The number of carbonyl (C=O) groups excluding carboxylic acids is 3. The maximum absolute atomic E-state index is 12.7. The number of hydrogen-bond donors (Lipinski definition) is 1. The minimum atomic E-state index is -0.450. The number of fused-ring (bicyclic) bond motifs is 1. The molecular weight excluding hydrogens is 428 g/mol. The molecule has 1 fully saturated rings. The molecule has 2 aromatic carbocycles. The number of benzene rings is 2. The van der Waals surface area contributed by atoms with Crippen molar-refractivity contribution >= 4 is 40.7 Å². The summed E-state index contributed by atoms with van der Waals surface area (Å²) < 4.78 is 1.81. The van der Waals surface area contributed by atoms with Crippen molar-refractivity contribution in [1.82, 2.24) is 15.1 Å². The van der Waals surface area contributed by atoms with Crippen molar-refractivity contribution in [2.75, 3.05) is 4.90 Å². The van der Waals surface area contributed by atoms with E-state index in [1.54, 1.807) is 11.1 Å². The van der Waals surface area contributed by atoms with Crippen molar-refractivity contribution in [1.29, 1.82) is 0 Å². The largest absolute Gasteiger partial charge is 0.296 e. The van der Waals surface area contributed by atoms with E-state index in [4.69, 9.17) is 11.6 Å². The molecule has 8 heteroatoms. The van der Waals surface area contributed by atoms with Crippen LogP contribution in [0.15, 0.2) is 48.7 Å². The van der Waals surface area contributed by atoms with E-state index in [-0.39, 0.29) is 17.7 Å². The molecule has 3 heterocycles. The molecule has 3 amide bonds. The molecule has 0 aliphatic carbocycles. The number of halogens is 1. The molecule has 3 aromatic rings. The topological polar surface area (TPSA) is 84.3 Å². The van der Waals surface area contributed by atoms with Gasteiger partial charge < -0.3 is 0 Å². The maximum atomic E-state index is 12.7. The van der Waals surface area contributed by atoms with E-state index in [0.29, 0.717) is 36.3 Å². The van der Waals surface area contributed by atoms with Crippen LogP contribution in [-0.2, 0) is 27.9 Å². The monoisotopic (exact) mass is 448 g/mol. The van der Waals surface area contributed by atoms with E-state index < -0.39 is 5.92 Å². The van der Waals surface area contributed by atoms with E-state index in [9.17, 15) is 14.4 Å². The first kappa shape index (κ1) is 20.5. The summed E-state index contributed by atoms with van der Waals surface area (Å²) in [5, 5.41) is 7.19. The van der Waals surface area contributed by atoms with Gasteiger partial charge in [-0.25, -0.2) is 0 Å². The summed E-state index contributed by atoms with van der Waals surface area (Å²) in [5.74, 6) is -0.977. The lowest BCUT2D eigenvalue weighted by Gasteiger charge is -2.27. The van der Waals surface area contributed by atoms with Gasteiger partial charge in [-0.3, -0.25) is 29.3 Å². The molecule has 32 heavy (non-hydrogen) atoms. The van der Waals surface area contributed by atoms with Gasteiger partial charge in [-0.15, -0.1) is 0 Å². The van der Waals surface area contributed by atoms with Gasteiger partial charge in [0.25, 0.3) is 0 Å². The lowest BCUT2D eigenvalue weighted by atomic mass is 9.88. The SMILES string of the molecule is Cn1ncc2c1CCC(=O)N2c1ccc(-c2cccc(C3CCC(=O)NC3=O)c2Cl)cc1. The highest BCUT2D eigenvalue weighted by atomic mass is 35.5. The summed E-state index contributed by atoms with van der Waals surface area (Å²) in [5.41, 5.74) is 5.01. The molecule has 0 saturated carbocycles. The van der Waals surface area contributed by atoms with E-state index in [0.717, 1.165) is 28.2 Å². The Labute approximate surface area is 190 Å². The fraction of sp³-hybridized carbons (Fsp3) is 0.250. The second-order valence-corrected chi connectivity index (χ2v) is 8.47. The number of aromatic nitrogens is 2. The number of amides is 3. The summed E-state index contributed by atoms with van der Waals surface area (Å²) in [6.45, 7) is 0. The van der Waals surface area contributed by atoms with Crippen molar-refractivity contribution in [3.05, 3.63) is 64.9 Å². The highest BCUT2D eigenvalue weighted by molar-refractivity contribution is 6.34. The van der Waals surface area contributed by atoms with Crippen molar-refractivity contribution in [2.24, 2.45) is 7.05 Å². The van der Waals surface area contributed by atoms with Crippen LogP contribution in [0.1, 0.15) is 36.4 Å². The van der Waals surface area contributed by atoms with Gasteiger partial charge >= 0.3 is 0 Å². The molecule has 162 valence electrons. The Bertz CT molecular complexity index is 1250. The summed E-state index contributed by atoms with van der Waals surface area (Å²) in [7, 11) is 1.88. The number of anilines is 2. The molecule has 1 unspecified atom stereocenters. The standard InChI is InChI=1S/C24H21ClN4O3/c1-28-19-10-12-22(31)29(20(19)13-26-28)15-7-5-14(6-8-15)16-3-2-4-17(23(16)25)18-9-11-21(30)27-24(18)32/h2-8,13,18H,9-12H2,1H3,(H,27,30,32). The molecule has 1 atom stereocenters. The first-order valence-corrected chi connectivity index (χ1v) is 10.9. The summed E-state index contributed by atoms with van der Waals surface area (Å²) in [4.78, 5) is 38.2. The molecular formula is C24H21ClN4O3. The third kappa shape index (κ3) is 3.39. The smallest absolute Gasteiger partial charge is 0.234 e. The van der Waals surface area contributed by atoms with Crippen LogP contribution in [0.3, 0.4) is 0 Å². The number of nitrogens with one attached hydrogen (secondary N) is 1. The van der Waals surface area contributed by atoms with Crippen LogP contribution >= 0.6 is 11.6 Å². The molecule has 1 N–H and O–H groups in total. The van der Waals surface area contributed by atoms with Crippen molar-refractivity contribution in [3.8, 4) is 11.1 Å². The summed E-state index contributed by atoms with van der Waals surface area (Å²) in [6.07, 6.45) is 3.58. The van der Waals surface area contributed by atoms with E-state index >= 15 is 0 Å². The first-order valence-electron chi connectivity index (χ1n) is 10.5. The van der Waals surface area contributed by atoms with Gasteiger partial charge in [-0.1, -0.05) is 41.9 Å². The minimum Gasteiger partial charge on any atom is -0.296 e. The van der Waals surface area contributed by atoms with Crippen molar-refractivity contribution < 1.29 is 14.4 Å². The number of imide groups is 1. The van der Waals surface area contributed by atoms with Gasteiger partial charge in [-0.2, -0.15) is 5.10 Å². The summed E-state index contributed by atoms with van der Waals surface area (Å²) in [6, 6.07) is 13.2.